The zero-order valence-electron chi connectivity index (χ0n) is 11.2. The minimum atomic E-state index is 0.319. The Labute approximate surface area is 130 Å². The Morgan fingerprint density at radius 3 is 2.52 bits per heavy atom. The maximum atomic E-state index is 9.03. The van der Waals surface area contributed by atoms with Crippen molar-refractivity contribution in [3.8, 4) is 12.1 Å². The van der Waals surface area contributed by atoms with Crippen LogP contribution in [0.5, 0.6) is 0 Å². The molecular weight excluding hydrogens is 332 g/mol. The van der Waals surface area contributed by atoms with Crippen LogP contribution in [0, 0.1) is 22.7 Å². The average molecular weight is 343 g/mol. The molecular formula is C14H11BrN6. The van der Waals surface area contributed by atoms with Gasteiger partial charge in [-0.15, -0.1) is 0 Å². The zero-order chi connectivity index (χ0) is 15.2. The van der Waals surface area contributed by atoms with E-state index >= 15 is 0 Å². The largest absolute Gasteiger partial charge is 0.369 e. The number of rotatable bonds is 4. The standard InChI is InChI=1S/C14H11BrN6/c1-2-18-13-12(15)14(20-8-19-13)21-11-4-3-9(6-16)10(5-11)7-17/h3-5,8H,2H2,1H3,(H2,18,19,20,21). The highest BCUT2D eigenvalue weighted by atomic mass is 79.9. The molecule has 0 atom stereocenters. The Balaban J connectivity index is 2.33. The molecule has 0 aliphatic rings. The Morgan fingerprint density at radius 2 is 1.86 bits per heavy atom. The molecule has 2 N–H and O–H groups in total. The van der Waals surface area contributed by atoms with Gasteiger partial charge in [0.1, 0.15) is 34.6 Å². The summed E-state index contributed by atoms with van der Waals surface area (Å²) in [6.45, 7) is 2.71. The van der Waals surface area contributed by atoms with Crippen molar-refractivity contribution in [2.45, 2.75) is 6.92 Å². The lowest BCUT2D eigenvalue weighted by atomic mass is 10.1. The van der Waals surface area contributed by atoms with Gasteiger partial charge >= 0.3 is 0 Å². The van der Waals surface area contributed by atoms with Gasteiger partial charge in [-0.3, -0.25) is 0 Å². The molecule has 0 spiro atoms. The molecule has 1 aromatic carbocycles. The fourth-order valence-electron chi connectivity index (χ4n) is 1.70. The van der Waals surface area contributed by atoms with Gasteiger partial charge in [-0.05, 0) is 41.1 Å². The van der Waals surface area contributed by atoms with Gasteiger partial charge in [0.25, 0.3) is 0 Å². The Kier molecular flexibility index (Phi) is 4.70. The van der Waals surface area contributed by atoms with Crippen LogP contribution in [0.2, 0.25) is 0 Å². The third-order valence-corrected chi connectivity index (χ3v) is 3.41. The number of nitriles is 2. The van der Waals surface area contributed by atoms with Crippen LogP contribution < -0.4 is 10.6 Å². The smallest absolute Gasteiger partial charge is 0.150 e. The molecule has 0 fully saturated rings. The first-order valence-corrected chi connectivity index (χ1v) is 6.94. The van der Waals surface area contributed by atoms with Crippen molar-refractivity contribution in [2.24, 2.45) is 0 Å². The van der Waals surface area contributed by atoms with E-state index < -0.39 is 0 Å². The van der Waals surface area contributed by atoms with E-state index in [1.54, 1.807) is 18.2 Å². The van der Waals surface area contributed by atoms with E-state index in [1.165, 1.54) is 6.33 Å². The fraction of sp³-hybridized carbons (Fsp3) is 0.143. The van der Waals surface area contributed by atoms with Gasteiger partial charge in [-0.1, -0.05) is 0 Å². The normalized spacial score (nSPS) is 9.52. The van der Waals surface area contributed by atoms with Crippen LogP contribution in [0.15, 0.2) is 29.0 Å². The highest BCUT2D eigenvalue weighted by molar-refractivity contribution is 9.10. The average Bonchev–Trinajstić information content (AvgIpc) is 2.51. The van der Waals surface area contributed by atoms with Crippen LogP contribution in [-0.4, -0.2) is 16.5 Å². The number of aromatic nitrogens is 2. The number of anilines is 3. The minimum Gasteiger partial charge on any atom is -0.369 e. The molecule has 104 valence electrons. The van der Waals surface area contributed by atoms with Crippen molar-refractivity contribution < 1.29 is 0 Å². The molecule has 2 rings (SSSR count). The maximum Gasteiger partial charge on any atom is 0.150 e. The summed E-state index contributed by atoms with van der Waals surface area (Å²) >= 11 is 3.44. The predicted octanol–water partition coefficient (Wildman–Crippen LogP) is 3.16. The summed E-state index contributed by atoms with van der Waals surface area (Å²) in [6, 6.07) is 8.91. The van der Waals surface area contributed by atoms with Gasteiger partial charge in [-0.2, -0.15) is 10.5 Å². The lowest BCUT2D eigenvalue weighted by Crippen LogP contribution is -2.04. The summed E-state index contributed by atoms with van der Waals surface area (Å²) in [5, 5.41) is 24.2. The summed E-state index contributed by atoms with van der Waals surface area (Å²) in [5.74, 6) is 1.26. The topological polar surface area (TPSA) is 97.4 Å². The summed E-state index contributed by atoms with van der Waals surface area (Å²) in [7, 11) is 0. The number of halogens is 1. The molecule has 0 amide bonds. The fourth-order valence-corrected chi connectivity index (χ4v) is 2.14. The monoisotopic (exact) mass is 342 g/mol. The second kappa shape index (κ2) is 6.69. The quantitative estimate of drug-likeness (QED) is 0.885. The van der Waals surface area contributed by atoms with Crippen LogP contribution in [0.3, 0.4) is 0 Å². The molecule has 21 heavy (non-hydrogen) atoms. The maximum absolute atomic E-state index is 9.03. The molecule has 6 nitrogen and oxygen atoms in total. The summed E-state index contributed by atoms with van der Waals surface area (Å²) in [4.78, 5) is 8.28. The van der Waals surface area contributed by atoms with Crippen molar-refractivity contribution in [3.63, 3.8) is 0 Å². The van der Waals surface area contributed by atoms with E-state index in [2.05, 4.69) is 36.5 Å². The number of nitrogens with zero attached hydrogens (tertiary/aromatic N) is 4. The van der Waals surface area contributed by atoms with E-state index in [4.69, 9.17) is 10.5 Å². The molecule has 0 unspecified atom stereocenters. The summed E-state index contributed by atoms with van der Waals surface area (Å²) < 4.78 is 0.703. The molecule has 0 bridgehead atoms. The van der Waals surface area contributed by atoms with Gasteiger partial charge < -0.3 is 10.6 Å². The van der Waals surface area contributed by atoms with Crippen LogP contribution >= 0.6 is 15.9 Å². The molecule has 7 heteroatoms. The van der Waals surface area contributed by atoms with Gasteiger partial charge in [0.05, 0.1) is 11.1 Å². The first kappa shape index (κ1) is 14.8. The molecule has 1 aromatic heterocycles. The van der Waals surface area contributed by atoms with Crippen molar-refractivity contribution in [2.75, 3.05) is 17.2 Å². The summed E-state index contributed by atoms with van der Waals surface area (Å²) in [5.41, 5.74) is 1.34. The lowest BCUT2D eigenvalue weighted by molar-refractivity contribution is 1.10. The molecule has 1 heterocycles. The minimum absolute atomic E-state index is 0.319. The molecule has 0 radical (unpaired) electrons. The molecule has 0 aliphatic heterocycles. The van der Waals surface area contributed by atoms with Crippen LogP contribution in [0.4, 0.5) is 17.3 Å². The molecule has 0 saturated carbocycles. The van der Waals surface area contributed by atoms with E-state index in [9.17, 15) is 0 Å². The highest BCUT2D eigenvalue weighted by Crippen LogP contribution is 2.29. The Hall–Kier alpha value is -2.64. The van der Waals surface area contributed by atoms with Gasteiger partial charge in [0.15, 0.2) is 0 Å². The van der Waals surface area contributed by atoms with Gasteiger partial charge in [-0.25, -0.2) is 9.97 Å². The Bertz CT molecular complexity index is 744. The second-order valence-corrected chi connectivity index (χ2v) is 4.82. The number of hydrogen-bond acceptors (Lipinski definition) is 6. The third kappa shape index (κ3) is 3.28. The highest BCUT2D eigenvalue weighted by Gasteiger charge is 2.09. The first-order chi connectivity index (χ1) is 10.2. The predicted molar refractivity (Wildman–Crippen MR) is 83.1 cm³/mol. The molecule has 2 aromatic rings. The second-order valence-electron chi connectivity index (χ2n) is 4.02. The number of hydrogen-bond donors (Lipinski definition) is 2. The van der Waals surface area contributed by atoms with E-state index in [-0.39, 0.29) is 0 Å². The van der Waals surface area contributed by atoms with Crippen LogP contribution in [0.1, 0.15) is 18.1 Å². The van der Waals surface area contributed by atoms with Crippen molar-refractivity contribution >= 4 is 33.3 Å². The third-order valence-electron chi connectivity index (χ3n) is 2.66. The van der Waals surface area contributed by atoms with Crippen molar-refractivity contribution in [1.29, 1.82) is 10.5 Å². The Morgan fingerprint density at radius 1 is 1.14 bits per heavy atom. The number of benzene rings is 1. The van der Waals surface area contributed by atoms with Crippen molar-refractivity contribution in [3.05, 3.63) is 40.1 Å². The van der Waals surface area contributed by atoms with Gasteiger partial charge in [0, 0.05) is 12.2 Å². The van der Waals surface area contributed by atoms with E-state index in [0.29, 0.717) is 32.9 Å². The SMILES string of the molecule is CCNc1ncnc(Nc2ccc(C#N)c(C#N)c2)c1Br. The summed E-state index contributed by atoms with van der Waals surface area (Å²) in [6.07, 6.45) is 1.44. The van der Waals surface area contributed by atoms with Crippen molar-refractivity contribution in [1.82, 2.24) is 9.97 Å². The molecule has 0 aliphatic carbocycles. The number of nitrogens with one attached hydrogen (secondary N) is 2. The van der Waals surface area contributed by atoms with E-state index in [0.717, 1.165) is 6.54 Å². The van der Waals surface area contributed by atoms with Crippen LogP contribution in [-0.2, 0) is 0 Å². The van der Waals surface area contributed by atoms with Crippen LogP contribution in [0.25, 0.3) is 0 Å². The zero-order valence-corrected chi connectivity index (χ0v) is 12.8. The lowest BCUT2D eigenvalue weighted by Gasteiger charge is -2.11. The molecule has 0 saturated heterocycles. The van der Waals surface area contributed by atoms with Gasteiger partial charge in [0.2, 0.25) is 0 Å². The van der Waals surface area contributed by atoms with E-state index in [1.807, 2.05) is 19.1 Å². The first-order valence-electron chi connectivity index (χ1n) is 6.15.